The number of nitrogens with zero attached hydrogens (tertiary/aromatic N) is 5. The van der Waals surface area contributed by atoms with Crippen molar-refractivity contribution in [1.82, 2.24) is 19.1 Å². The number of carbonyl (C=O) groups excluding carboxylic acids is 1. The van der Waals surface area contributed by atoms with E-state index in [0.717, 1.165) is 42.4 Å². The lowest BCUT2D eigenvalue weighted by Gasteiger charge is -2.18. The van der Waals surface area contributed by atoms with Crippen molar-refractivity contribution in [3.8, 4) is 0 Å². The summed E-state index contributed by atoms with van der Waals surface area (Å²) >= 11 is 1.26. The summed E-state index contributed by atoms with van der Waals surface area (Å²) in [6.45, 7) is 0.660. The van der Waals surface area contributed by atoms with Gasteiger partial charge in [-0.2, -0.15) is 0 Å². The van der Waals surface area contributed by atoms with E-state index in [1.165, 1.54) is 28.9 Å². The van der Waals surface area contributed by atoms with E-state index in [4.69, 9.17) is 4.98 Å². The molecule has 1 amide bonds. The molecule has 0 N–H and O–H groups in total. The molecule has 0 saturated heterocycles. The fraction of sp³-hybridized carbons (Fsp3) is 0.435. The predicted octanol–water partition coefficient (Wildman–Crippen LogP) is 2.37. The molecule has 0 spiro atoms. The number of aryl methyl sites for hydroxylation is 1. The van der Waals surface area contributed by atoms with Crippen LogP contribution in [0.2, 0.25) is 0 Å². The molecule has 0 bridgehead atoms. The molecule has 1 aliphatic carbocycles. The van der Waals surface area contributed by atoms with Crippen LogP contribution in [-0.4, -0.2) is 37.3 Å². The average Bonchev–Trinajstić information content (AvgIpc) is 3.49. The summed E-state index contributed by atoms with van der Waals surface area (Å²) in [6, 6.07) is 7.94. The maximum atomic E-state index is 13.1. The van der Waals surface area contributed by atoms with Gasteiger partial charge in [0.25, 0.3) is 5.56 Å². The summed E-state index contributed by atoms with van der Waals surface area (Å²) in [5.41, 5.74) is 1.62. The average molecular weight is 452 g/mol. The highest BCUT2D eigenvalue weighted by Gasteiger charge is 2.27. The van der Waals surface area contributed by atoms with Crippen LogP contribution in [-0.2, 0) is 25.3 Å². The highest BCUT2D eigenvalue weighted by molar-refractivity contribution is 8.00. The molecule has 0 unspecified atom stereocenters. The van der Waals surface area contributed by atoms with Gasteiger partial charge in [0.05, 0.1) is 5.75 Å². The van der Waals surface area contributed by atoms with Crippen molar-refractivity contribution in [2.24, 2.45) is 14.1 Å². The summed E-state index contributed by atoms with van der Waals surface area (Å²) < 4.78 is 2.48. The van der Waals surface area contributed by atoms with Crippen LogP contribution in [0.15, 0.2) is 38.9 Å². The number of amides is 1. The Labute approximate surface area is 189 Å². The Morgan fingerprint density at radius 3 is 2.62 bits per heavy atom. The van der Waals surface area contributed by atoms with Gasteiger partial charge in [-0.1, -0.05) is 42.8 Å². The second-order valence-electron chi connectivity index (χ2n) is 8.49. The van der Waals surface area contributed by atoms with Gasteiger partial charge in [0.15, 0.2) is 5.65 Å². The number of para-hydroxylation sites is 1. The molecule has 32 heavy (non-hydrogen) atoms. The van der Waals surface area contributed by atoms with Gasteiger partial charge in [-0.3, -0.25) is 18.7 Å². The molecule has 2 aliphatic rings. The minimum absolute atomic E-state index is 0.0178. The summed E-state index contributed by atoms with van der Waals surface area (Å²) in [5.74, 6) is 1.03. The van der Waals surface area contributed by atoms with Crippen LogP contribution in [0.5, 0.6) is 0 Å². The van der Waals surface area contributed by atoms with Crippen molar-refractivity contribution < 1.29 is 4.79 Å². The Hall–Kier alpha value is -2.94. The van der Waals surface area contributed by atoms with Gasteiger partial charge in [-0.25, -0.2) is 14.8 Å². The van der Waals surface area contributed by atoms with Crippen LogP contribution in [0.25, 0.3) is 11.0 Å². The van der Waals surface area contributed by atoms with E-state index in [1.807, 2.05) is 24.3 Å². The van der Waals surface area contributed by atoms with Crippen LogP contribution >= 0.6 is 11.8 Å². The number of anilines is 1. The van der Waals surface area contributed by atoms with Crippen molar-refractivity contribution in [3.05, 3.63) is 56.5 Å². The number of fused-ring (bicyclic) bond motifs is 2. The van der Waals surface area contributed by atoms with E-state index in [9.17, 15) is 14.4 Å². The molecule has 9 heteroatoms. The van der Waals surface area contributed by atoms with Gasteiger partial charge in [0.2, 0.25) is 5.91 Å². The molecule has 2 aromatic heterocycles. The molecular formula is C23H25N5O3S. The lowest BCUT2D eigenvalue weighted by Crippen LogP contribution is -2.38. The molecule has 0 atom stereocenters. The zero-order valence-corrected chi connectivity index (χ0v) is 19.0. The number of carbonyl (C=O) groups is 1. The highest BCUT2D eigenvalue weighted by atomic mass is 32.2. The Bertz CT molecular complexity index is 1340. The number of hydrogen-bond acceptors (Lipinski definition) is 6. The fourth-order valence-electron chi connectivity index (χ4n) is 4.72. The van der Waals surface area contributed by atoms with E-state index in [-0.39, 0.29) is 17.6 Å². The Morgan fingerprint density at radius 2 is 1.84 bits per heavy atom. The van der Waals surface area contributed by atoms with Gasteiger partial charge in [0.1, 0.15) is 16.2 Å². The monoisotopic (exact) mass is 451 g/mol. The van der Waals surface area contributed by atoms with Crippen molar-refractivity contribution in [2.45, 2.75) is 43.0 Å². The topological polar surface area (TPSA) is 90.1 Å². The number of thioether (sulfide) groups is 1. The van der Waals surface area contributed by atoms with Gasteiger partial charge in [0, 0.05) is 32.2 Å². The molecule has 166 valence electrons. The summed E-state index contributed by atoms with van der Waals surface area (Å²) in [6.07, 6.45) is 5.08. The number of hydrogen-bond donors (Lipinski definition) is 0. The molecule has 1 aliphatic heterocycles. The van der Waals surface area contributed by atoms with Crippen molar-refractivity contribution in [3.63, 3.8) is 0 Å². The zero-order chi connectivity index (χ0) is 22.4. The predicted molar refractivity (Wildman–Crippen MR) is 124 cm³/mol. The molecule has 8 nitrogen and oxygen atoms in total. The van der Waals surface area contributed by atoms with E-state index >= 15 is 0 Å². The maximum Gasteiger partial charge on any atom is 0.332 e. The first-order valence-corrected chi connectivity index (χ1v) is 11.9. The van der Waals surface area contributed by atoms with Gasteiger partial charge >= 0.3 is 5.69 Å². The normalized spacial score (nSPS) is 16.1. The zero-order valence-electron chi connectivity index (χ0n) is 18.2. The number of rotatable bonds is 4. The molecule has 1 saturated carbocycles. The summed E-state index contributed by atoms with van der Waals surface area (Å²) in [7, 11) is 3.08. The largest absolute Gasteiger partial charge is 0.332 e. The molecule has 1 aromatic carbocycles. The Kier molecular flexibility index (Phi) is 5.36. The van der Waals surface area contributed by atoms with Crippen LogP contribution in [0.4, 0.5) is 5.69 Å². The fourth-order valence-corrected chi connectivity index (χ4v) is 5.62. The molecule has 5 rings (SSSR count). The van der Waals surface area contributed by atoms with E-state index < -0.39 is 11.2 Å². The van der Waals surface area contributed by atoms with Crippen LogP contribution in [0, 0.1) is 0 Å². The third-order valence-corrected chi connectivity index (χ3v) is 7.49. The molecule has 1 fully saturated rings. The first-order chi connectivity index (χ1) is 15.5. The highest BCUT2D eigenvalue weighted by Crippen LogP contribution is 2.34. The lowest BCUT2D eigenvalue weighted by molar-refractivity contribution is -0.116. The molecule has 3 heterocycles. The molecular weight excluding hydrogens is 426 g/mol. The second kappa shape index (κ2) is 8.20. The molecule has 3 aromatic rings. The Balaban J connectivity index is 1.53. The van der Waals surface area contributed by atoms with Gasteiger partial charge in [-0.15, -0.1) is 0 Å². The van der Waals surface area contributed by atoms with Crippen LogP contribution in [0.1, 0.15) is 43.0 Å². The quantitative estimate of drug-likeness (QED) is 0.447. The van der Waals surface area contributed by atoms with Crippen LogP contribution in [0.3, 0.4) is 0 Å². The first kappa shape index (κ1) is 20.9. The second-order valence-corrected chi connectivity index (χ2v) is 9.45. The van der Waals surface area contributed by atoms with E-state index in [0.29, 0.717) is 28.4 Å². The van der Waals surface area contributed by atoms with Crippen molar-refractivity contribution in [2.75, 3.05) is 17.2 Å². The minimum Gasteiger partial charge on any atom is -0.311 e. The number of aromatic nitrogens is 4. The summed E-state index contributed by atoms with van der Waals surface area (Å²) in [4.78, 5) is 49.7. The third-order valence-electron chi connectivity index (χ3n) is 6.52. The molecule has 0 radical (unpaired) electrons. The SMILES string of the molecule is Cn1c(=O)c2c(SCC(=O)N3CCc4ccccc43)nc(C3CCCC3)nc2n(C)c1=O. The summed E-state index contributed by atoms with van der Waals surface area (Å²) in [5, 5.41) is 0.782. The third kappa shape index (κ3) is 3.44. The standard InChI is InChI=1S/C23H25N5O3S/c1-26-20-18(22(30)27(2)23(26)31)21(25-19(24-20)15-8-3-4-9-15)32-13-17(29)28-12-11-14-7-5-6-10-16(14)28/h5-7,10,15H,3-4,8-9,11-13H2,1-2H3. The van der Waals surface area contributed by atoms with Gasteiger partial charge in [-0.05, 0) is 30.9 Å². The van der Waals surface area contributed by atoms with Crippen molar-refractivity contribution in [1.29, 1.82) is 0 Å². The number of benzene rings is 1. The Morgan fingerprint density at radius 1 is 1.09 bits per heavy atom. The smallest absolute Gasteiger partial charge is 0.311 e. The first-order valence-electron chi connectivity index (χ1n) is 10.9. The minimum atomic E-state index is -0.428. The van der Waals surface area contributed by atoms with Crippen molar-refractivity contribution >= 4 is 34.4 Å². The van der Waals surface area contributed by atoms with E-state index in [1.54, 1.807) is 11.9 Å². The maximum absolute atomic E-state index is 13.1. The lowest BCUT2D eigenvalue weighted by atomic mass is 10.1. The van der Waals surface area contributed by atoms with Gasteiger partial charge < -0.3 is 4.90 Å². The van der Waals surface area contributed by atoms with E-state index in [2.05, 4.69) is 4.98 Å². The van der Waals surface area contributed by atoms with Crippen LogP contribution < -0.4 is 16.1 Å².